The summed E-state index contributed by atoms with van der Waals surface area (Å²) in [5, 5.41) is 0. The maximum absolute atomic E-state index is 12.2. The number of hydrazine groups is 1. The number of rotatable bonds is 6. The molecule has 0 aliphatic carbocycles. The highest BCUT2D eigenvalue weighted by Crippen LogP contribution is 2.25. The van der Waals surface area contributed by atoms with Crippen molar-refractivity contribution in [2.75, 3.05) is 11.5 Å². The van der Waals surface area contributed by atoms with E-state index in [0.29, 0.717) is 18.0 Å². The Hall–Kier alpha value is -2.61. The normalized spacial score (nSPS) is 17.7. The number of benzene rings is 1. The van der Waals surface area contributed by atoms with Crippen LogP contribution in [0.5, 0.6) is 5.75 Å². The zero-order valence-corrected chi connectivity index (χ0v) is 12.2. The van der Waals surface area contributed by atoms with Crippen LogP contribution in [0.4, 0.5) is 10.5 Å². The van der Waals surface area contributed by atoms with Gasteiger partial charge in [0.15, 0.2) is 0 Å². The summed E-state index contributed by atoms with van der Waals surface area (Å²) in [6.07, 6.45) is 0.845. The molecule has 0 spiro atoms. The first-order valence-corrected chi connectivity index (χ1v) is 6.93. The van der Waals surface area contributed by atoms with E-state index >= 15 is 0 Å². The van der Waals surface area contributed by atoms with Crippen LogP contribution >= 0.6 is 0 Å². The first-order chi connectivity index (χ1) is 10.5. The minimum Gasteiger partial charge on any atom is -0.494 e. The van der Waals surface area contributed by atoms with Crippen molar-refractivity contribution < 1.29 is 19.1 Å². The van der Waals surface area contributed by atoms with Crippen LogP contribution in [0.15, 0.2) is 24.3 Å². The van der Waals surface area contributed by atoms with E-state index < -0.39 is 18.0 Å². The summed E-state index contributed by atoms with van der Waals surface area (Å²) in [5.74, 6) is -0.119. The molecule has 1 atom stereocenters. The van der Waals surface area contributed by atoms with E-state index in [4.69, 9.17) is 10.5 Å². The van der Waals surface area contributed by atoms with Crippen LogP contribution in [0.25, 0.3) is 0 Å². The van der Waals surface area contributed by atoms with Gasteiger partial charge in [-0.1, -0.05) is 6.92 Å². The average Bonchev–Trinajstić information content (AvgIpc) is 2.78. The van der Waals surface area contributed by atoms with Crippen molar-refractivity contribution in [3.05, 3.63) is 24.3 Å². The fourth-order valence-electron chi connectivity index (χ4n) is 2.09. The van der Waals surface area contributed by atoms with Gasteiger partial charge in [-0.25, -0.2) is 15.1 Å². The Morgan fingerprint density at radius 2 is 2.05 bits per heavy atom. The Kier molecular flexibility index (Phi) is 4.95. The van der Waals surface area contributed by atoms with Crippen molar-refractivity contribution in [2.45, 2.75) is 25.8 Å². The maximum atomic E-state index is 12.2. The molecular formula is C14H18N4O4. The molecule has 22 heavy (non-hydrogen) atoms. The van der Waals surface area contributed by atoms with Crippen molar-refractivity contribution >= 4 is 23.5 Å². The first kappa shape index (κ1) is 15.8. The van der Waals surface area contributed by atoms with Gasteiger partial charge < -0.3 is 10.5 Å². The number of urea groups is 1. The van der Waals surface area contributed by atoms with Crippen LogP contribution in [0, 0.1) is 0 Å². The van der Waals surface area contributed by atoms with Gasteiger partial charge >= 0.3 is 6.03 Å². The second kappa shape index (κ2) is 6.90. The smallest absolute Gasteiger partial charge is 0.326 e. The van der Waals surface area contributed by atoms with Crippen LogP contribution in [-0.4, -0.2) is 30.5 Å². The highest BCUT2D eigenvalue weighted by molar-refractivity contribution is 6.22. The highest BCUT2D eigenvalue weighted by atomic mass is 16.5. The van der Waals surface area contributed by atoms with E-state index in [0.717, 1.165) is 11.3 Å². The minimum atomic E-state index is -0.823. The summed E-state index contributed by atoms with van der Waals surface area (Å²) in [5.41, 5.74) is 9.93. The standard InChI is InChI=1S/C14H18N4O4/c1-2-7-22-10-5-3-9(4-6-10)18-12(19)8-11(13(18)20)16-17-14(15)21/h3-6,11,16H,2,7-8H2,1H3,(H3,15,17,21)/t11-/m1/s1. The SMILES string of the molecule is CCCOc1ccc(N2C(=O)C[C@@H](NNC(N)=O)C2=O)cc1. The lowest BCUT2D eigenvalue weighted by molar-refractivity contribution is -0.121. The lowest BCUT2D eigenvalue weighted by atomic mass is 10.2. The van der Waals surface area contributed by atoms with Gasteiger partial charge in [-0.15, -0.1) is 0 Å². The molecule has 2 rings (SSSR count). The molecular weight excluding hydrogens is 288 g/mol. The molecule has 1 aromatic rings. The molecule has 1 fully saturated rings. The van der Waals surface area contributed by atoms with E-state index in [-0.39, 0.29) is 12.3 Å². The van der Waals surface area contributed by atoms with Crippen molar-refractivity contribution in [2.24, 2.45) is 5.73 Å². The Bertz CT molecular complexity index is 573. The maximum Gasteiger partial charge on any atom is 0.326 e. The zero-order valence-electron chi connectivity index (χ0n) is 12.2. The fraction of sp³-hybridized carbons (Fsp3) is 0.357. The van der Waals surface area contributed by atoms with Crippen molar-refractivity contribution in [1.82, 2.24) is 10.9 Å². The van der Waals surface area contributed by atoms with E-state index in [2.05, 4.69) is 10.9 Å². The van der Waals surface area contributed by atoms with E-state index in [1.165, 1.54) is 0 Å². The summed E-state index contributed by atoms with van der Waals surface area (Å²) < 4.78 is 5.45. The molecule has 0 aromatic heterocycles. The summed E-state index contributed by atoms with van der Waals surface area (Å²) in [6.45, 7) is 2.61. The minimum absolute atomic E-state index is 0.0484. The molecule has 4 amide bonds. The Balaban J connectivity index is 2.06. The fourth-order valence-corrected chi connectivity index (χ4v) is 2.09. The second-order valence-electron chi connectivity index (χ2n) is 4.80. The third-order valence-electron chi connectivity index (χ3n) is 3.08. The van der Waals surface area contributed by atoms with Crippen LogP contribution in [-0.2, 0) is 9.59 Å². The molecule has 118 valence electrons. The number of carbonyl (C=O) groups is 3. The number of ether oxygens (including phenoxy) is 1. The van der Waals surface area contributed by atoms with Crippen molar-refractivity contribution in [3.8, 4) is 5.75 Å². The third kappa shape index (κ3) is 3.53. The summed E-state index contributed by atoms with van der Waals surface area (Å²) in [6, 6.07) is 5.05. The van der Waals surface area contributed by atoms with Crippen molar-refractivity contribution in [3.63, 3.8) is 0 Å². The summed E-state index contributed by atoms with van der Waals surface area (Å²) in [4.78, 5) is 35.9. The molecule has 8 heteroatoms. The molecule has 0 bridgehead atoms. The monoisotopic (exact) mass is 306 g/mol. The number of nitrogens with two attached hydrogens (primary N) is 1. The Labute approximate surface area is 127 Å². The van der Waals surface area contributed by atoms with Crippen LogP contribution in [0.2, 0.25) is 0 Å². The van der Waals surface area contributed by atoms with E-state index in [9.17, 15) is 14.4 Å². The number of nitrogens with zero attached hydrogens (tertiary/aromatic N) is 1. The molecule has 4 N–H and O–H groups in total. The quantitative estimate of drug-likeness (QED) is 0.516. The molecule has 1 saturated heterocycles. The van der Waals surface area contributed by atoms with Gasteiger partial charge in [0.2, 0.25) is 5.91 Å². The number of anilines is 1. The molecule has 0 unspecified atom stereocenters. The molecule has 0 saturated carbocycles. The molecule has 0 radical (unpaired) electrons. The second-order valence-corrected chi connectivity index (χ2v) is 4.80. The highest BCUT2D eigenvalue weighted by Gasteiger charge is 2.39. The third-order valence-corrected chi connectivity index (χ3v) is 3.08. The zero-order chi connectivity index (χ0) is 16.1. The van der Waals surface area contributed by atoms with E-state index in [1.54, 1.807) is 24.3 Å². The molecule has 1 aromatic carbocycles. The van der Waals surface area contributed by atoms with Gasteiger partial charge in [0, 0.05) is 0 Å². The van der Waals surface area contributed by atoms with Gasteiger partial charge in [0.05, 0.1) is 18.7 Å². The van der Waals surface area contributed by atoms with Gasteiger partial charge in [-0.05, 0) is 30.7 Å². The first-order valence-electron chi connectivity index (χ1n) is 6.93. The van der Waals surface area contributed by atoms with Crippen LogP contribution in [0.1, 0.15) is 19.8 Å². The largest absolute Gasteiger partial charge is 0.494 e. The van der Waals surface area contributed by atoms with Gasteiger partial charge in [-0.2, -0.15) is 0 Å². The summed E-state index contributed by atoms with van der Waals surface area (Å²) in [7, 11) is 0. The number of carbonyl (C=O) groups excluding carboxylic acids is 3. The Morgan fingerprint density at radius 1 is 1.36 bits per heavy atom. The number of nitrogens with one attached hydrogen (secondary N) is 2. The van der Waals surface area contributed by atoms with Crippen LogP contribution < -0.4 is 26.2 Å². The molecule has 1 heterocycles. The lowest BCUT2D eigenvalue weighted by Gasteiger charge is -2.16. The number of amides is 4. The Morgan fingerprint density at radius 3 is 2.64 bits per heavy atom. The number of hydrogen-bond donors (Lipinski definition) is 3. The molecule has 8 nitrogen and oxygen atoms in total. The van der Waals surface area contributed by atoms with Gasteiger partial charge in [0.25, 0.3) is 5.91 Å². The van der Waals surface area contributed by atoms with E-state index in [1.807, 2.05) is 6.92 Å². The molecule has 1 aliphatic heterocycles. The van der Waals surface area contributed by atoms with Crippen LogP contribution in [0.3, 0.4) is 0 Å². The lowest BCUT2D eigenvalue weighted by Crippen LogP contribution is -2.50. The number of imide groups is 1. The van der Waals surface area contributed by atoms with Crippen molar-refractivity contribution in [1.29, 1.82) is 0 Å². The predicted octanol–water partition coefficient (Wildman–Crippen LogP) is 0.280. The topological polar surface area (TPSA) is 114 Å². The number of hydrogen-bond acceptors (Lipinski definition) is 5. The van der Waals surface area contributed by atoms with Gasteiger partial charge in [-0.3, -0.25) is 15.0 Å². The number of primary amides is 1. The predicted molar refractivity (Wildman–Crippen MR) is 79.0 cm³/mol. The average molecular weight is 306 g/mol. The van der Waals surface area contributed by atoms with Gasteiger partial charge in [0.1, 0.15) is 11.8 Å². The summed E-state index contributed by atoms with van der Waals surface area (Å²) >= 11 is 0. The molecule has 1 aliphatic rings.